The fourth-order valence-electron chi connectivity index (χ4n) is 10.8. The highest BCUT2D eigenvalue weighted by atomic mass is 15.0. The average molecular weight is 897 g/mol. The van der Waals surface area contributed by atoms with Crippen LogP contribution in [0.25, 0.3) is 61.2 Å². The molecule has 0 spiro atoms. The molecule has 0 unspecified atom stereocenters. The van der Waals surface area contributed by atoms with E-state index in [1.165, 1.54) is 22.3 Å². The first-order valence-corrected chi connectivity index (χ1v) is 24.2. The maximum Gasteiger partial charge on any atom is 0.147 e. The van der Waals surface area contributed by atoms with Crippen LogP contribution in [0.15, 0.2) is 234 Å². The molecule has 6 heterocycles. The molecule has 1 N–H and O–H groups in total. The number of rotatable bonds is 7. The Morgan fingerprint density at radius 3 is 1.31 bits per heavy atom. The molecule has 332 valence electrons. The average Bonchev–Trinajstić information content (AvgIpc) is 4.24. The van der Waals surface area contributed by atoms with Gasteiger partial charge in [-0.2, -0.15) is 0 Å². The van der Waals surface area contributed by atoms with Crippen LogP contribution in [-0.4, -0.2) is 15.1 Å². The number of nitrogens with one attached hydrogen (secondary N) is 1. The summed E-state index contributed by atoms with van der Waals surface area (Å²) in [5.41, 5.74) is 26.7. The van der Waals surface area contributed by atoms with Crippen molar-refractivity contribution in [1.29, 1.82) is 0 Å². The van der Waals surface area contributed by atoms with Crippen molar-refractivity contribution in [1.82, 2.24) is 9.38 Å². The molecule has 0 fully saturated rings. The number of nitrogens with zero attached hydrogens (tertiary/aromatic N) is 3. The van der Waals surface area contributed by atoms with Crippen molar-refractivity contribution in [2.45, 2.75) is 27.7 Å². The van der Waals surface area contributed by atoms with Gasteiger partial charge in [0.25, 0.3) is 0 Å². The van der Waals surface area contributed by atoms with Crippen molar-refractivity contribution in [2.24, 2.45) is 9.98 Å². The molecule has 13 rings (SSSR count). The predicted octanol–water partition coefficient (Wildman–Crippen LogP) is 13.5. The van der Waals surface area contributed by atoms with E-state index < -0.39 is 0 Å². The zero-order chi connectivity index (χ0) is 47.0. The highest BCUT2D eigenvalue weighted by molar-refractivity contribution is 6.30. The maximum absolute atomic E-state index is 6.07. The molecule has 3 aromatic heterocycles. The Bertz CT molecular complexity index is 4050. The summed E-state index contributed by atoms with van der Waals surface area (Å²) >= 11 is 0. The number of benzene rings is 7. The molecular formula is C66H48N4. The zero-order valence-electron chi connectivity index (χ0n) is 39.5. The van der Waals surface area contributed by atoms with Gasteiger partial charge in [0.2, 0.25) is 0 Å². The van der Waals surface area contributed by atoms with Crippen LogP contribution in [0.4, 0.5) is 0 Å². The van der Waals surface area contributed by atoms with Gasteiger partial charge in [-0.1, -0.05) is 210 Å². The first kappa shape index (κ1) is 41.3. The second kappa shape index (κ2) is 16.4. The molecule has 4 nitrogen and oxygen atoms in total. The van der Waals surface area contributed by atoms with Crippen molar-refractivity contribution < 1.29 is 0 Å². The van der Waals surface area contributed by atoms with Gasteiger partial charge < -0.3 is 4.98 Å². The molecule has 0 radical (unpaired) electrons. The van der Waals surface area contributed by atoms with Crippen molar-refractivity contribution >= 4 is 33.5 Å². The quantitative estimate of drug-likeness (QED) is 0.166. The van der Waals surface area contributed by atoms with E-state index in [0.717, 1.165) is 128 Å². The van der Waals surface area contributed by atoms with E-state index >= 15 is 0 Å². The van der Waals surface area contributed by atoms with Gasteiger partial charge in [-0.15, -0.1) is 0 Å². The Balaban J connectivity index is 1.33. The minimum atomic E-state index is 0.888. The van der Waals surface area contributed by atoms with Crippen molar-refractivity contribution in [2.75, 3.05) is 0 Å². The third kappa shape index (κ3) is 6.67. The van der Waals surface area contributed by atoms with E-state index in [1.807, 2.05) is 0 Å². The number of H-pyrrole nitrogens is 1. The minimum absolute atomic E-state index is 0.888. The lowest BCUT2D eigenvalue weighted by atomic mass is 9.86. The van der Waals surface area contributed by atoms with Crippen LogP contribution in [0.5, 0.6) is 0 Å². The van der Waals surface area contributed by atoms with Crippen molar-refractivity contribution in [3.63, 3.8) is 0 Å². The molecule has 3 aliphatic heterocycles. The SMILES string of the molecule is Cc1ccc(C2=C3C=CC(=N3)C(c3ccc(C)cc3)=c3ccc4c(-c5ccc(C)cc5)c5c(n34)=NC(=C(c3ccc(C)cc3)c3[nH]c2c(-c2ccccc2)c3-c2ccccc2)C=5c2ccccc2)cc1. The van der Waals surface area contributed by atoms with Gasteiger partial charge >= 0.3 is 0 Å². The summed E-state index contributed by atoms with van der Waals surface area (Å²) in [7, 11) is 0. The van der Waals surface area contributed by atoms with E-state index in [1.54, 1.807) is 0 Å². The van der Waals surface area contributed by atoms with E-state index in [0.29, 0.717) is 0 Å². The maximum atomic E-state index is 6.07. The van der Waals surface area contributed by atoms with Crippen LogP contribution in [0.3, 0.4) is 0 Å². The van der Waals surface area contributed by atoms with Crippen LogP contribution in [0.1, 0.15) is 55.9 Å². The highest BCUT2D eigenvalue weighted by Crippen LogP contribution is 2.49. The van der Waals surface area contributed by atoms with Gasteiger partial charge in [0.15, 0.2) is 0 Å². The second-order valence-corrected chi connectivity index (χ2v) is 18.9. The Morgan fingerprint density at radius 1 is 0.357 bits per heavy atom. The summed E-state index contributed by atoms with van der Waals surface area (Å²) in [4.78, 5) is 16.1. The van der Waals surface area contributed by atoms with Gasteiger partial charge in [0.1, 0.15) is 5.49 Å². The summed E-state index contributed by atoms with van der Waals surface area (Å²) in [5, 5.41) is 2.15. The molecule has 70 heavy (non-hydrogen) atoms. The van der Waals surface area contributed by atoms with Gasteiger partial charge in [0, 0.05) is 44.2 Å². The first-order valence-electron chi connectivity index (χ1n) is 24.2. The summed E-state index contributed by atoms with van der Waals surface area (Å²) < 4.78 is 2.42. The Hall–Kier alpha value is -8.86. The normalized spacial score (nSPS) is 14.0. The van der Waals surface area contributed by atoms with Crippen LogP contribution < -0.4 is 16.1 Å². The van der Waals surface area contributed by atoms with E-state index in [-0.39, 0.29) is 0 Å². The molecule has 6 bridgehead atoms. The van der Waals surface area contributed by atoms with Crippen molar-refractivity contribution in [3.05, 3.63) is 296 Å². The standard InChI is InChI=1S/C66H48N4/c1-40-20-28-47(29-21-40)55-51-36-37-52(67-51)56(48-30-22-41(2)23-31-48)63-58(44-14-8-5-9-15-44)59(45-16-10-6-11-17-45)64(68-63)61(50-34-26-43(4)27-35-50)65-60(46-18-12-7-13-19-46)62-57(49-32-24-42(3)25-33-49)54-39-38-53(55)70(54)66(62)69-65/h5-39,68H,1-4H3. The topological polar surface area (TPSA) is 44.9 Å². The third-order valence-electron chi connectivity index (χ3n) is 14.2. The van der Waals surface area contributed by atoms with E-state index in [2.05, 4.69) is 249 Å². The Labute approximate surface area is 407 Å². The molecule has 10 aromatic rings. The monoisotopic (exact) mass is 896 g/mol. The number of aryl methyl sites for hydroxylation is 4. The molecule has 4 heteroatoms. The van der Waals surface area contributed by atoms with E-state index in [9.17, 15) is 0 Å². The molecule has 7 aromatic carbocycles. The van der Waals surface area contributed by atoms with Gasteiger partial charge in [-0.25, -0.2) is 9.98 Å². The number of aromatic amines is 1. The molecule has 0 atom stereocenters. The van der Waals surface area contributed by atoms with Crippen LogP contribution in [-0.2, 0) is 0 Å². The summed E-state index contributed by atoms with van der Waals surface area (Å²) in [6.07, 6.45) is 4.43. The summed E-state index contributed by atoms with van der Waals surface area (Å²) in [6.45, 7) is 8.61. The highest BCUT2D eigenvalue weighted by Gasteiger charge is 2.34. The Morgan fingerprint density at radius 2 is 0.786 bits per heavy atom. The molecule has 0 saturated heterocycles. The zero-order valence-corrected chi connectivity index (χ0v) is 39.5. The lowest BCUT2D eigenvalue weighted by molar-refractivity contribution is 1.04. The molecule has 0 saturated carbocycles. The fourth-order valence-corrected chi connectivity index (χ4v) is 10.8. The van der Waals surface area contributed by atoms with Crippen molar-refractivity contribution in [3.8, 4) is 33.4 Å². The van der Waals surface area contributed by atoms with Gasteiger partial charge in [-0.05, 0) is 90.9 Å². The Kier molecular flexibility index (Phi) is 9.70. The molecular weight excluding hydrogens is 849 g/mol. The largest absolute Gasteiger partial charge is 0.353 e. The minimum Gasteiger partial charge on any atom is -0.353 e. The third-order valence-corrected chi connectivity index (χ3v) is 14.2. The lowest BCUT2D eigenvalue weighted by Gasteiger charge is -2.17. The first-order chi connectivity index (χ1) is 34.4. The number of hydrogen-bond acceptors (Lipinski definition) is 2. The lowest BCUT2D eigenvalue weighted by Crippen LogP contribution is -2.32. The molecule has 0 aliphatic carbocycles. The van der Waals surface area contributed by atoms with E-state index in [4.69, 9.17) is 9.98 Å². The number of allylic oxidation sites excluding steroid dienone is 3. The number of aromatic nitrogens is 2. The van der Waals surface area contributed by atoms with Gasteiger partial charge in [0.05, 0.1) is 39.4 Å². The number of hydrogen-bond donors (Lipinski definition) is 1. The van der Waals surface area contributed by atoms with Crippen LogP contribution in [0, 0.1) is 27.7 Å². The smallest absolute Gasteiger partial charge is 0.147 e. The van der Waals surface area contributed by atoms with Crippen LogP contribution in [0.2, 0.25) is 0 Å². The second-order valence-electron chi connectivity index (χ2n) is 18.9. The number of fused-ring (bicyclic) bond motifs is 4. The molecule has 0 amide bonds. The fraction of sp³-hybridized carbons (Fsp3) is 0.0606. The predicted molar refractivity (Wildman–Crippen MR) is 289 cm³/mol. The molecule has 3 aliphatic rings. The van der Waals surface area contributed by atoms with Crippen LogP contribution >= 0.6 is 0 Å². The summed E-state index contributed by atoms with van der Waals surface area (Å²) in [5.74, 6) is 0. The number of aliphatic imine (C=N–C) groups is 1. The van der Waals surface area contributed by atoms with Gasteiger partial charge in [-0.3, -0.25) is 4.40 Å². The summed E-state index contributed by atoms with van der Waals surface area (Å²) in [6, 6.07) is 73.1.